The Morgan fingerprint density at radius 2 is 1.81 bits per heavy atom. The van der Waals surface area contributed by atoms with Gasteiger partial charge in [0.1, 0.15) is 0 Å². The van der Waals surface area contributed by atoms with Gasteiger partial charge >= 0.3 is 0 Å². The number of benzene rings is 2. The maximum Gasteiger partial charge on any atom is 0.0998 e. The second kappa shape index (κ2) is 4.67. The molecule has 0 unspecified atom stereocenters. The number of hydrogen-bond donors (Lipinski definition) is 0. The molecule has 0 amide bonds. The maximum atomic E-state index is 9.09. The smallest absolute Gasteiger partial charge is 0.0998 e. The van der Waals surface area contributed by atoms with Crippen LogP contribution < -0.4 is 0 Å². The van der Waals surface area contributed by atoms with Crippen LogP contribution in [0.5, 0.6) is 0 Å². The van der Waals surface area contributed by atoms with E-state index in [2.05, 4.69) is 53.8 Å². The van der Waals surface area contributed by atoms with Crippen LogP contribution in [0.25, 0.3) is 11.1 Å². The van der Waals surface area contributed by atoms with E-state index in [0.29, 0.717) is 0 Å². The molecule has 16 heavy (non-hydrogen) atoms. The minimum atomic E-state index is 0.728. The first-order valence-electron chi connectivity index (χ1n) is 4.98. The summed E-state index contributed by atoms with van der Waals surface area (Å²) in [4.78, 5) is 0. The number of aryl methyl sites for hydroxylation is 1. The fourth-order valence-electron chi connectivity index (χ4n) is 1.66. The van der Waals surface area contributed by atoms with E-state index in [9.17, 15) is 0 Å². The molecule has 2 aromatic rings. The zero-order chi connectivity index (χ0) is 11.5. The Morgan fingerprint density at radius 1 is 1.06 bits per heavy atom. The van der Waals surface area contributed by atoms with Crippen LogP contribution in [0, 0.1) is 21.8 Å². The Labute approximate surface area is 109 Å². The van der Waals surface area contributed by atoms with Crippen molar-refractivity contribution in [2.24, 2.45) is 0 Å². The van der Waals surface area contributed by atoms with Crippen molar-refractivity contribution in [3.8, 4) is 17.2 Å². The lowest BCUT2D eigenvalue weighted by Gasteiger charge is -2.07. The van der Waals surface area contributed by atoms with Gasteiger partial charge in [-0.1, -0.05) is 35.9 Å². The number of nitriles is 1. The van der Waals surface area contributed by atoms with E-state index in [-0.39, 0.29) is 0 Å². The standard InChI is InChI=1S/C14H10IN/c1-10-6-7-14(15)13(8-10)12-5-3-2-4-11(12)9-16/h2-8H,1H3. The first kappa shape index (κ1) is 11.2. The highest BCUT2D eigenvalue weighted by Gasteiger charge is 2.07. The Morgan fingerprint density at radius 3 is 2.56 bits per heavy atom. The van der Waals surface area contributed by atoms with Gasteiger partial charge in [0.2, 0.25) is 0 Å². The van der Waals surface area contributed by atoms with Gasteiger partial charge in [-0.15, -0.1) is 0 Å². The molecule has 0 aliphatic rings. The normalized spacial score (nSPS) is 9.81. The Hall–Kier alpha value is -1.34. The number of halogens is 1. The summed E-state index contributed by atoms with van der Waals surface area (Å²) in [5.41, 5.74) is 4.09. The molecule has 0 saturated heterocycles. The number of nitrogens with zero attached hydrogens (tertiary/aromatic N) is 1. The zero-order valence-electron chi connectivity index (χ0n) is 8.87. The highest BCUT2D eigenvalue weighted by atomic mass is 127. The Bertz CT molecular complexity index is 567. The minimum Gasteiger partial charge on any atom is -0.192 e. The molecule has 2 heteroatoms. The largest absolute Gasteiger partial charge is 0.192 e. The van der Waals surface area contributed by atoms with Crippen LogP contribution >= 0.6 is 22.6 Å². The van der Waals surface area contributed by atoms with Crippen LogP contribution in [0.3, 0.4) is 0 Å². The summed E-state index contributed by atoms with van der Waals surface area (Å²) in [5, 5.41) is 9.09. The van der Waals surface area contributed by atoms with Crippen molar-refractivity contribution in [2.75, 3.05) is 0 Å². The van der Waals surface area contributed by atoms with Crippen molar-refractivity contribution in [3.63, 3.8) is 0 Å². The van der Waals surface area contributed by atoms with Crippen LogP contribution in [-0.4, -0.2) is 0 Å². The average Bonchev–Trinajstić information content (AvgIpc) is 2.32. The molecule has 0 N–H and O–H groups in total. The third-order valence-corrected chi connectivity index (χ3v) is 3.40. The molecule has 0 aromatic heterocycles. The summed E-state index contributed by atoms with van der Waals surface area (Å²) in [6.07, 6.45) is 0. The summed E-state index contributed by atoms with van der Waals surface area (Å²) >= 11 is 2.30. The lowest BCUT2D eigenvalue weighted by Crippen LogP contribution is -1.88. The molecule has 0 aliphatic carbocycles. The molecule has 1 nitrogen and oxygen atoms in total. The molecule has 0 saturated carbocycles. The lowest BCUT2D eigenvalue weighted by molar-refractivity contribution is 1.43. The first-order chi connectivity index (χ1) is 7.72. The van der Waals surface area contributed by atoms with Gasteiger partial charge in [0.25, 0.3) is 0 Å². The molecule has 2 aromatic carbocycles. The van der Waals surface area contributed by atoms with Crippen molar-refractivity contribution in [1.82, 2.24) is 0 Å². The molecular formula is C14H10IN. The fraction of sp³-hybridized carbons (Fsp3) is 0.0714. The molecule has 0 bridgehead atoms. The van der Waals surface area contributed by atoms with Gasteiger partial charge in [0.15, 0.2) is 0 Å². The fourth-order valence-corrected chi connectivity index (χ4v) is 2.29. The van der Waals surface area contributed by atoms with Gasteiger partial charge in [-0.3, -0.25) is 0 Å². The topological polar surface area (TPSA) is 23.8 Å². The molecular weight excluding hydrogens is 309 g/mol. The molecule has 78 valence electrons. The first-order valence-corrected chi connectivity index (χ1v) is 6.06. The summed E-state index contributed by atoms with van der Waals surface area (Å²) in [6, 6.07) is 16.2. The molecule has 0 spiro atoms. The van der Waals surface area contributed by atoms with E-state index < -0.39 is 0 Å². The third-order valence-electron chi connectivity index (χ3n) is 2.46. The predicted molar refractivity (Wildman–Crippen MR) is 74.0 cm³/mol. The maximum absolute atomic E-state index is 9.09. The highest BCUT2D eigenvalue weighted by molar-refractivity contribution is 14.1. The summed E-state index contributed by atoms with van der Waals surface area (Å²) < 4.78 is 1.17. The average molecular weight is 319 g/mol. The lowest BCUT2D eigenvalue weighted by atomic mass is 9.99. The van der Waals surface area contributed by atoms with E-state index in [1.807, 2.05) is 24.3 Å². The van der Waals surface area contributed by atoms with E-state index in [1.165, 1.54) is 9.13 Å². The van der Waals surface area contributed by atoms with E-state index in [4.69, 9.17) is 5.26 Å². The molecule has 0 fully saturated rings. The molecule has 0 aliphatic heterocycles. The number of rotatable bonds is 1. The van der Waals surface area contributed by atoms with E-state index in [1.54, 1.807) is 0 Å². The molecule has 0 heterocycles. The predicted octanol–water partition coefficient (Wildman–Crippen LogP) is 4.14. The van der Waals surface area contributed by atoms with Gasteiger partial charge in [-0.2, -0.15) is 5.26 Å². The SMILES string of the molecule is Cc1ccc(I)c(-c2ccccc2C#N)c1. The van der Waals surface area contributed by atoms with Crippen molar-refractivity contribution in [2.45, 2.75) is 6.92 Å². The molecule has 0 atom stereocenters. The van der Waals surface area contributed by atoms with Crippen molar-refractivity contribution < 1.29 is 0 Å². The van der Waals surface area contributed by atoms with Gasteiger partial charge in [-0.05, 0) is 47.2 Å². The van der Waals surface area contributed by atoms with Crippen molar-refractivity contribution in [3.05, 3.63) is 57.2 Å². The van der Waals surface area contributed by atoms with Gasteiger partial charge < -0.3 is 0 Å². The van der Waals surface area contributed by atoms with Crippen LogP contribution in [0.15, 0.2) is 42.5 Å². The summed E-state index contributed by atoms with van der Waals surface area (Å²) in [5.74, 6) is 0. The van der Waals surface area contributed by atoms with E-state index >= 15 is 0 Å². The summed E-state index contributed by atoms with van der Waals surface area (Å²) in [6.45, 7) is 2.06. The molecule has 0 radical (unpaired) electrons. The highest BCUT2D eigenvalue weighted by Crippen LogP contribution is 2.28. The second-order valence-corrected chi connectivity index (χ2v) is 4.80. The quantitative estimate of drug-likeness (QED) is 0.725. The van der Waals surface area contributed by atoms with Crippen LogP contribution in [-0.2, 0) is 0 Å². The Kier molecular flexibility index (Phi) is 3.25. The van der Waals surface area contributed by atoms with Gasteiger partial charge in [-0.25, -0.2) is 0 Å². The van der Waals surface area contributed by atoms with Crippen LogP contribution in [0.1, 0.15) is 11.1 Å². The van der Waals surface area contributed by atoms with Crippen molar-refractivity contribution >= 4 is 22.6 Å². The monoisotopic (exact) mass is 319 g/mol. The zero-order valence-corrected chi connectivity index (χ0v) is 11.0. The van der Waals surface area contributed by atoms with Crippen molar-refractivity contribution in [1.29, 1.82) is 5.26 Å². The minimum absolute atomic E-state index is 0.728. The Balaban J connectivity index is 2.68. The number of hydrogen-bond acceptors (Lipinski definition) is 1. The second-order valence-electron chi connectivity index (χ2n) is 3.64. The van der Waals surface area contributed by atoms with Gasteiger partial charge in [0, 0.05) is 9.13 Å². The molecule has 2 rings (SSSR count). The van der Waals surface area contributed by atoms with E-state index in [0.717, 1.165) is 16.7 Å². The third kappa shape index (κ3) is 2.10. The van der Waals surface area contributed by atoms with Crippen LogP contribution in [0.2, 0.25) is 0 Å². The summed E-state index contributed by atoms with van der Waals surface area (Å²) in [7, 11) is 0. The van der Waals surface area contributed by atoms with Crippen LogP contribution in [0.4, 0.5) is 0 Å². The van der Waals surface area contributed by atoms with Gasteiger partial charge in [0.05, 0.1) is 11.6 Å².